The average Bonchev–Trinajstić information content (AvgIpc) is 2.60. The van der Waals surface area contributed by atoms with Crippen molar-refractivity contribution < 1.29 is 23.7 Å². The van der Waals surface area contributed by atoms with Gasteiger partial charge in [0.05, 0.1) is 14.2 Å². The Balaban J connectivity index is 2.08. The van der Waals surface area contributed by atoms with Crippen LogP contribution in [-0.4, -0.2) is 26.8 Å². The molecule has 2 rings (SSSR count). The number of ether oxygens (including phenoxy) is 4. The molecular weight excluding hydrogens is 320 g/mol. The van der Waals surface area contributed by atoms with Crippen molar-refractivity contribution in [1.82, 2.24) is 0 Å². The molecule has 2 aromatic rings. The fourth-order valence-electron chi connectivity index (χ4n) is 2.33. The highest BCUT2D eigenvalue weighted by atomic mass is 16.6. The maximum absolute atomic E-state index is 12.2. The van der Waals surface area contributed by atoms with Crippen molar-refractivity contribution in [2.45, 2.75) is 26.7 Å². The normalized spacial score (nSPS) is 10.5. The fourth-order valence-corrected chi connectivity index (χ4v) is 2.33. The summed E-state index contributed by atoms with van der Waals surface area (Å²) in [5, 5.41) is 0. The van der Waals surface area contributed by atoms with Gasteiger partial charge in [-0.25, -0.2) is 4.79 Å². The summed E-state index contributed by atoms with van der Waals surface area (Å²) >= 11 is 0. The quantitative estimate of drug-likeness (QED) is 0.559. The zero-order chi connectivity index (χ0) is 18.4. The molecule has 0 spiro atoms. The number of carbonyl (C=O) groups is 1. The molecule has 0 aliphatic heterocycles. The number of hydrogen-bond donors (Lipinski definition) is 0. The van der Waals surface area contributed by atoms with Crippen LogP contribution in [0.3, 0.4) is 0 Å². The van der Waals surface area contributed by atoms with Crippen LogP contribution in [0.5, 0.6) is 23.0 Å². The number of hydrogen-bond acceptors (Lipinski definition) is 5. The molecule has 0 atom stereocenters. The number of benzene rings is 2. The third kappa shape index (κ3) is 4.66. The van der Waals surface area contributed by atoms with E-state index in [4.69, 9.17) is 18.9 Å². The highest BCUT2D eigenvalue weighted by Crippen LogP contribution is 2.36. The summed E-state index contributed by atoms with van der Waals surface area (Å²) in [5.74, 6) is 1.62. The van der Waals surface area contributed by atoms with Crippen LogP contribution >= 0.6 is 0 Å². The van der Waals surface area contributed by atoms with Crippen LogP contribution in [0.1, 0.15) is 30.9 Å². The summed E-state index contributed by atoms with van der Waals surface area (Å²) in [6.45, 7) is 5.95. The molecule has 5 nitrogen and oxygen atoms in total. The Bertz CT molecular complexity index is 715. The van der Waals surface area contributed by atoms with E-state index < -0.39 is 5.97 Å². The van der Waals surface area contributed by atoms with E-state index in [2.05, 4.69) is 19.9 Å². The topological polar surface area (TPSA) is 54.0 Å². The summed E-state index contributed by atoms with van der Waals surface area (Å²) in [6, 6.07) is 11.2. The van der Waals surface area contributed by atoms with Crippen molar-refractivity contribution in [3.05, 3.63) is 47.5 Å². The van der Waals surface area contributed by atoms with Gasteiger partial charge in [0, 0.05) is 0 Å². The van der Waals surface area contributed by atoms with E-state index in [0.717, 1.165) is 11.1 Å². The van der Waals surface area contributed by atoms with Gasteiger partial charge in [-0.15, -0.1) is 0 Å². The van der Waals surface area contributed by atoms with Crippen molar-refractivity contribution >= 4 is 5.97 Å². The third-order valence-corrected chi connectivity index (χ3v) is 3.82. The largest absolute Gasteiger partial charge is 0.493 e. The standard InChI is InChI=1S/C20H24O5/c1-13(2)15-10-9-14(3)18(11-15)24-12-19(21)25-20-16(22-4)7-6-8-17(20)23-5/h6-11,13H,12H2,1-5H3. The number of para-hydroxylation sites is 1. The molecule has 0 amide bonds. The number of methoxy groups -OCH3 is 2. The number of aryl methyl sites for hydroxylation is 1. The molecule has 134 valence electrons. The predicted octanol–water partition coefficient (Wildman–Crippen LogP) is 4.12. The van der Waals surface area contributed by atoms with Gasteiger partial charge < -0.3 is 18.9 Å². The highest BCUT2D eigenvalue weighted by molar-refractivity contribution is 5.76. The van der Waals surface area contributed by atoms with E-state index in [1.165, 1.54) is 14.2 Å². The smallest absolute Gasteiger partial charge is 0.349 e. The van der Waals surface area contributed by atoms with E-state index in [-0.39, 0.29) is 12.4 Å². The Hall–Kier alpha value is -2.69. The van der Waals surface area contributed by atoms with Crippen LogP contribution in [0.15, 0.2) is 36.4 Å². The maximum Gasteiger partial charge on any atom is 0.349 e. The lowest BCUT2D eigenvalue weighted by Gasteiger charge is -2.14. The molecule has 0 radical (unpaired) electrons. The first kappa shape index (κ1) is 18.6. The van der Waals surface area contributed by atoms with Crippen molar-refractivity contribution in [2.75, 3.05) is 20.8 Å². The van der Waals surface area contributed by atoms with Gasteiger partial charge in [-0.1, -0.05) is 32.0 Å². The summed E-state index contributed by atoms with van der Waals surface area (Å²) in [7, 11) is 3.01. The van der Waals surface area contributed by atoms with Crippen LogP contribution < -0.4 is 18.9 Å². The average molecular weight is 344 g/mol. The first-order chi connectivity index (χ1) is 12.0. The Morgan fingerprint density at radius 3 is 2.20 bits per heavy atom. The second-order valence-corrected chi connectivity index (χ2v) is 5.93. The minimum atomic E-state index is -0.530. The van der Waals surface area contributed by atoms with Crippen LogP contribution in [0.2, 0.25) is 0 Å². The zero-order valence-corrected chi connectivity index (χ0v) is 15.3. The minimum absolute atomic E-state index is 0.205. The summed E-state index contributed by atoms with van der Waals surface area (Å²) in [6.07, 6.45) is 0. The summed E-state index contributed by atoms with van der Waals surface area (Å²) in [5.41, 5.74) is 2.12. The Morgan fingerprint density at radius 2 is 1.64 bits per heavy atom. The molecule has 5 heteroatoms. The third-order valence-electron chi connectivity index (χ3n) is 3.82. The van der Waals surface area contributed by atoms with Crippen molar-refractivity contribution in [2.24, 2.45) is 0 Å². The first-order valence-corrected chi connectivity index (χ1v) is 8.11. The van der Waals surface area contributed by atoms with Crippen molar-refractivity contribution in [1.29, 1.82) is 0 Å². The van der Waals surface area contributed by atoms with Crippen LogP contribution in [0.4, 0.5) is 0 Å². The Morgan fingerprint density at radius 1 is 1.00 bits per heavy atom. The summed E-state index contributed by atoms with van der Waals surface area (Å²) < 4.78 is 21.5. The van der Waals surface area contributed by atoms with Gasteiger partial charge in [0.1, 0.15) is 5.75 Å². The predicted molar refractivity (Wildman–Crippen MR) is 95.9 cm³/mol. The minimum Gasteiger partial charge on any atom is -0.493 e. The fraction of sp³-hybridized carbons (Fsp3) is 0.350. The monoisotopic (exact) mass is 344 g/mol. The molecule has 0 fully saturated rings. The van der Waals surface area contributed by atoms with Crippen LogP contribution in [-0.2, 0) is 4.79 Å². The van der Waals surface area contributed by atoms with Gasteiger partial charge in [0.25, 0.3) is 0 Å². The highest BCUT2D eigenvalue weighted by Gasteiger charge is 2.16. The van der Waals surface area contributed by atoms with Gasteiger partial charge in [0.15, 0.2) is 18.1 Å². The van der Waals surface area contributed by atoms with Gasteiger partial charge in [0.2, 0.25) is 5.75 Å². The maximum atomic E-state index is 12.2. The molecule has 25 heavy (non-hydrogen) atoms. The first-order valence-electron chi connectivity index (χ1n) is 8.11. The molecule has 0 unspecified atom stereocenters. The SMILES string of the molecule is COc1cccc(OC)c1OC(=O)COc1cc(C(C)C)ccc1C. The van der Waals surface area contributed by atoms with E-state index in [1.54, 1.807) is 18.2 Å². The van der Waals surface area contributed by atoms with Crippen LogP contribution in [0, 0.1) is 6.92 Å². The van der Waals surface area contributed by atoms with E-state index >= 15 is 0 Å². The lowest BCUT2D eigenvalue weighted by atomic mass is 10.0. The summed E-state index contributed by atoms with van der Waals surface area (Å²) in [4.78, 5) is 12.2. The molecule has 0 saturated carbocycles. The van der Waals surface area contributed by atoms with Crippen molar-refractivity contribution in [3.8, 4) is 23.0 Å². The molecule has 0 aliphatic carbocycles. The van der Waals surface area contributed by atoms with E-state index in [1.807, 2.05) is 19.1 Å². The molecular formula is C20H24O5. The van der Waals surface area contributed by atoms with Crippen molar-refractivity contribution in [3.63, 3.8) is 0 Å². The molecule has 0 bridgehead atoms. The molecule has 0 saturated heterocycles. The number of carbonyl (C=O) groups excluding carboxylic acids is 1. The zero-order valence-electron chi connectivity index (χ0n) is 15.3. The van der Waals surface area contributed by atoms with E-state index in [9.17, 15) is 4.79 Å². The molecule has 0 N–H and O–H groups in total. The molecule has 0 aromatic heterocycles. The van der Waals surface area contributed by atoms with Gasteiger partial charge in [-0.3, -0.25) is 0 Å². The van der Waals surface area contributed by atoms with E-state index in [0.29, 0.717) is 23.2 Å². The Labute approximate surface area is 148 Å². The second-order valence-electron chi connectivity index (χ2n) is 5.93. The van der Waals surface area contributed by atoms with Gasteiger partial charge in [-0.05, 0) is 42.2 Å². The lowest BCUT2D eigenvalue weighted by Crippen LogP contribution is -2.18. The number of rotatable bonds is 7. The second kappa shape index (κ2) is 8.42. The molecule has 2 aromatic carbocycles. The lowest BCUT2D eigenvalue weighted by molar-refractivity contribution is -0.136. The molecule has 0 aliphatic rings. The van der Waals surface area contributed by atoms with Gasteiger partial charge in [-0.2, -0.15) is 0 Å². The molecule has 0 heterocycles. The Kier molecular flexibility index (Phi) is 6.28. The number of esters is 1. The van der Waals surface area contributed by atoms with Gasteiger partial charge >= 0.3 is 5.97 Å². The van der Waals surface area contributed by atoms with Crippen LogP contribution in [0.25, 0.3) is 0 Å².